The summed E-state index contributed by atoms with van der Waals surface area (Å²) in [5.41, 5.74) is 0. The Morgan fingerprint density at radius 2 is 2.00 bits per heavy atom. The van der Waals surface area contributed by atoms with Crippen LogP contribution in [0, 0.1) is 0 Å². The second kappa shape index (κ2) is 6.45. The summed E-state index contributed by atoms with van der Waals surface area (Å²) in [4.78, 5) is 12.0. The number of methoxy groups -OCH3 is 1. The fraction of sp³-hybridized carbons (Fsp3) is 0.533. The van der Waals surface area contributed by atoms with E-state index < -0.39 is 6.10 Å². The number of ether oxygens (including phenoxy) is 2. The zero-order valence-corrected chi connectivity index (χ0v) is 11.5. The fourth-order valence-electron chi connectivity index (χ4n) is 2.32. The van der Waals surface area contributed by atoms with E-state index in [0.29, 0.717) is 11.8 Å². The number of carbonyl (C=O) groups is 1. The van der Waals surface area contributed by atoms with Gasteiger partial charge in [-0.15, -0.1) is 0 Å². The van der Waals surface area contributed by atoms with Gasteiger partial charge in [0.1, 0.15) is 11.5 Å². The van der Waals surface area contributed by atoms with E-state index in [-0.39, 0.29) is 5.91 Å². The predicted octanol–water partition coefficient (Wildman–Crippen LogP) is 2.52. The predicted molar refractivity (Wildman–Crippen MR) is 73.5 cm³/mol. The summed E-state index contributed by atoms with van der Waals surface area (Å²) in [7, 11) is 1.61. The molecule has 1 amide bonds. The molecule has 1 aromatic rings. The van der Waals surface area contributed by atoms with Crippen molar-refractivity contribution >= 4 is 5.91 Å². The lowest BCUT2D eigenvalue weighted by Gasteiger charge is -2.18. The Kier molecular flexibility index (Phi) is 4.66. The van der Waals surface area contributed by atoms with Gasteiger partial charge in [0, 0.05) is 12.1 Å². The van der Waals surface area contributed by atoms with Crippen molar-refractivity contribution in [2.75, 3.05) is 7.11 Å². The average Bonchev–Trinajstić information content (AvgIpc) is 2.91. The second-order valence-corrected chi connectivity index (χ2v) is 4.93. The summed E-state index contributed by atoms with van der Waals surface area (Å²) in [5, 5.41) is 3.03. The maximum absolute atomic E-state index is 12.0. The molecular formula is C15H21NO3. The first kappa shape index (κ1) is 13.7. The molecular weight excluding hydrogens is 242 g/mol. The minimum atomic E-state index is -0.493. The molecule has 1 saturated carbocycles. The summed E-state index contributed by atoms with van der Waals surface area (Å²) in [6, 6.07) is 7.61. The number of hydrogen-bond donors (Lipinski definition) is 1. The molecule has 0 heterocycles. The van der Waals surface area contributed by atoms with Crippen LogP contribution in [0.3, 0.4) is 0 Å². The van der Waals surface area contributed by atoms with Crippen LogP contribution in [-0.4, -0.2) is 25.2 Å². The van der Waals surface area contributed by atoms with Crippen molar-refractivity contribution in [1.29, 1.82) is 0 Å². The van der Waals surface area contributed by atoms with Crippen molar-refractivity contribution in [3.05, 3.63) is 24.3 Å². The maximum Gasteiger partial charge on any atom is 0.260 e. The lowest BCUT2D eigenvalue weighted by atomic mass is 10.2. The van der Waals surface area contributed by atoms with Gasteiger partial charge in [0.2, 0.25) is 0 Å². The van der Waals surface area contributed by atoms with Gasteiger partial charge in [-0.3, -0.25) is 4.79 Å². The zero-order valence-electron chi connectivity index (χ0n) is 11.5. The largest absolute Gasteiger partial charge is 0.497 e. The standard InChI is InChI=1S/C15H21NO3/c1-11(15(17)16-12-6-3-4-7-12)19-14-9-5-8-13(10-14)18-2/h5,8-12H,3-4,6-7H2,1-2H3,(H,16,17)/t11-/m0/s1. The van der Waals surface area contributed by atoms with E-state index in [1.54, 1.807) is 20.1 Å². The number of benzene rings is 1. The summed E-state index contributed by atoms with van der Waals surface area (Å²) in [6.07, 6.45) is 4.08. The van der Waals surface area contributed by atoms with Gasteiger partial charge in [-0.05, 0) is 31.9 Å². The summed E-state index contributed by atoms with van der Waals surface area (Å²) >= 11 is 0. The van der Waals surface area contributed by atoms with Crippen LogP contribution in [0.2, 0.25) is 0 Å². The quantitative estimate of drug-likeness (QED) is 0.888. The Bertz CT molecular complexity index is 427. The summed E-state index contributed by atoms with van der Waals surface area (Å²) in [5.74, 6) is 1.32. The summed E-state index contributed by atoms with van der Waals surface area (Å²) < 4.78 is 10.8. The molecule has 0 aromatic heterocycles. The number of nitrogens with one attached hydrogen (secondary N) is 1. The van der Waals surface area contributed by atoms with Crippen molar-refractivity contribution in [2.24, 2.45) is 0 Å². The van der Waals surface area contributed by atoms with E-state index in [4.69, 9.17) is 9.47 Å². The third-order valence-corrected chi connectivity index (χ3v) is 3.42. The van der Waals surface area contributed by atoms with E-state index in [1.165, 1.54) is 12.8 Å². The molecule has 1 aliphatic rings. The van der Waals surface area contributed by atoms with Gasteiger partial charge >= 0.3 is 0 Å². The van der Waals surface area contributed by atoms with Crippen LogP contribution in [0.5, 0.6) is 11.5 Å². The van der Waals surface area contributed by atoms with Crippen LogP contribution in [0.15, 0.2) is 24.3 Å². The van der Waals surface area contributed by atoms with E-state index in [2.05, 4.69) is 5.32 Å². The SMILES string of the molecule is COc1cccc(O[C@@H](C)C(=O)NC2CCCC2)c1. The van der Waals surface area contributed by atoms with Crippen LogP contribution in [0.25, 0.3) is 0 Å². The number of carbonyl (C=O) groups excluding carboxylic acids is 1. The molecule has 1 aliphatic carbocycles. The molecule has 19 heavy (non-hydrogen) atoms. The highest BCUT2D eigenvalue weighted by atomic mass is 16.5. The third-order valence-electron chi connectivity index (χ3n) is 3.42. The second-order valence-electron chi connectivity index (χ2n) is 4.93. The molecule has 104 valence electrons. The van der Waals surface area contributed by atoms with Gasteiger partial charge < -0.3 is 14.8 Å². The van der Waals surface area contributed by atoms with Gasteiger partial charge in [-0.25, -0.2) is 0 Å². The highest BCUT2D eigenvalue weighted by Gasteiger charge is 2.21. The molecule has 0 radical (unpaired) electrons. The maximum atomic E-state index is 12.0. The van der Waals surface area contributed by atoms with Crippen molar-refractivity contribution < 1.29 is 14.3 Å². The number of hydrogen-bond acceptors (Lipinski definition) is 3. The van der Waals surface area contributed by atoms with Crippen molar-refractivity contribution in [3.8, 4) is 11.5 Å². The Labute approximate surface area is 114 Å². The Hall–Kier alpha value is -1.71. The molecule has 4 heteroatoms. The lowest BCUT2D eigenvalue weighted by Crippen LogP contribution is -2.41. The minimum absolute atomic E-state index is 0.0466. The Balaban J connectivity index is 1.88. The van der Waals surface area contributed by atoms with Gasteiger partial charge in [0.05, 0.1) is 7.11 Å². The Morgan fingerprint density at radius 3 is 2.68 bits per heavy atom. The fourth-order valence-corrected chi connectivity index (χ4v) is 2.32. The van der Waals surface area contributed by atoms with Gasteiger partial charge in [-0.2, -0.15) is 0 Å². The first-order valence-corrected chi connectivity index (χ1v) is 6.80. The van der Waals surface area contributed by atoms with E-state index in [9.17, 15) is 4.79 Å². The van der Waals surface area contributed by atoms with Crippen molar-refractivity contribution in [1.82, 2.24) is 5.32 Å². The molecule has 0 aliphatic heterocycles. The molecule has 0 bridgehead atoms. The molecule has 0 spiro atoms. The van der Waals surface area contributed by atoms with E-state index in [1.807, 2.05) is 18.2 Å². The molecule has 1 atom stereocenters. The number of amides is 1. The first-order chi connectivity index (χ1) is 9.19. The monoisotopic (exact) mass is 263 g/mol. The van der Waals surface area contributed by atoms with Crippen LogP contribution in [-0.2, 0) is 4.79 Å². The van der Waals surface area contributed by atoms with E-state index in [0.717, 1.165) is 18.6 Å². The molecule has 0 saturated heterocycles. The van der Waals surface area contributed by atoms with Crippen LogP contribution < -0.4 is 14.8 Å². The molecule has 2 rings (SSSR count). The van der Waals surface area contributed by atoms with E-state index >= 15 is 0 Å². The first-order valence-electron chi connectivity index (χ1n) is 6.80. The average molecular weight is 263 g/mol. The highest BCUT2D eigenvalue weighted by Crippen LogP contribution is 2.21. The molecule has 1 aromatic carbocycles. The summed E-state index contributed by atoms with van der Waals surface area (Å²) in [6.45, 7) is 1.77. The highest BCUT2D eigenvalue weighted by molar-refractivity contribution is 5.81. The van der Waals surface area contributed by atoms with Crippen LogP contribution in [0.1, 0.15) is 32.6 Å². The Morgan fingerprint density at radius 1 is 1.32 bits per heavy atom. The third kappa shape index (κ3) is 3.88. The minimum Gasteiger partial charge on any atom is -0.497 e. The topological polar surface area (TPSA) is 47.6 Å². The van der Waals surface area contributed by atoms with Crippen molar-refractivity contribution in [2.45, 2.75) is 44.8 Å². The normalized spacial score (nSPS) is 16.9. The van der Waals surface area contributed by atoms with Crippen LogP contribution in [0.4, 0.5) is 0 Å². The molecule has 1 N–H and O–H groups in total. The smallest absolute Gasteiger partial charge is 0.260 e. The van der Waals surface area contributed by atoms with Gasteiger partial charge in [0.25, 0.3) is 5.91 Å². The van der Waals surface area contributed by atoms with Gasteiger partial charge in [-0.1, -0.05) is 18.9 Å². The van der Waals surface area contributed by atoms with Crippen LogP contribution >= 0.6 is 0 Å². The van der Waals surface area contributed by atoms with Gasteiger partial charge in [0.15, 0.2) is 6.10 Å². The molecule has 4 nitrogen and oxygen atoms in total. The number of rotatable bonds is 5. The lowest BCUT2D eigenvalue weighted by molar-refractivity contribution is -0.127. The molecule has 1 fully saturated rings. The molecule has 0 unspecified atom stereocenters. The van der Waals surface area contributed by atoms with Crippen molar-refractivity contribution in [3.63, 3.8) is 0 Å². The zero-order chi connectivity index (χ0) is 13.7.